The third kappa shape index (κ3) is 4.34. The van der Waals surface area contributed by atoms with E-state index >= 15 is 0 Å². The van der Waals surface area contributed by atoms with E-state index in [9.17, 15) is 14.0 Å². The number of fused-ring (bicyclic) bond motifs is 1. The van der Waals surface area contributed by atoms with Crippen molar-refractivity contribution in [2.45, 2.75) is 13.0 Å². The lowest BCUT2D eigenvalue weighted by Crippen LogP contribution is -2.40. The number of carbonyl (C=O) groups is 1. The first-order chi connectivity index (χ1) is 16.4. The van der Waals surface area contributed by atoms with E-state index in [4.69, 9.17) is 0 Å². The van der Waals surface area contributed by atoms with E-state index < -0.39 is 11.9 Å². The SMILES string of the molecule is CC1=C(C(=O)Nc2ccccc2)[C@H](c2ccc(F)cc2)n2c(s/c(=C/c3ccc(Br)s3)c2=O)=N1. The predicted octanol–water partition coefficient (Wildman–Crippen LogP) is 4.84. The Balaban J connectivity index is 1.68. The van der Waals surface area contributed by atoms with Crippen molar-refractivity contribution in [1.29, 1.82) is 0 Å². The van der Waals surface area contributed by atoms with E-state index in [-0.39, 0.29) is 11.5 Å². The van der Waals surface area contributed by atoms with Crippen LogP contribution < -0.4 is 20.2 Å². The summed E-state index contributed by atoms with van der Waals surface area (Å²) < 4.78 is 16.7. The van der Waals surface area contributed by atoms with E-state index in [1.165, 1.54) is 39.4 Å². The lowest BCUT2D eigenvalue weighted by molar-refractivity contribution is -0.113. The van der Waals surface area contributed by atoms with Gasteiger partial charge in [-0.2, -0.15) is 0 Å². The van der Waals surface area contributed by atoms with Gasteiger partial charge < -0.3 is 5.32 Å². The second-order valence-corrected chi connectivity index (χ2v) is 11.1. The summed E-state index contributed by atoms with van der Waals surface area (Å²) in [5.74, 6) is -0.756. The van der Waals surface area contributed by atoms with Crippen LogP contribution in [0.1, 0.15) is 23.4 Å². The Morgan fingerprint density at radius 3 is 2.50 bits per heavy atom. The van der Waals surface area contributed by atoms with Gasteiger partial charge in [-0.15, -0.1) is 11.3 Å². The Kier molecular flexibility index (Phi) is 6.16. The molecule has 0 bridgehead atoms. The molecule has 2 aromatic heterocycles. The minimum atomic E-state index is -0.738. The molecule has 34 heavy (non-hydrogen) atoms. The number of aromatic nitrogens is 1. The molecule has 0 radical (unpaired) electrons. The maximum atomic E-state index is 13.7. The molecule has 2 aromatic carbocycles. The summed E-state index contributed by atoms with van der Waals surface area (Å²) in [6.07, 6.45) is 1.82. The molecule has 1 atom stereocenters. The molecule has 0 aliphatic carbocycles. The number of hydrogen-bond acceptors (Lipinski definition) is 5. The van der Waals surface area contributed by atoms with Crippen LogP contribution in [0.25, 0.3) is 6.08 Å². The molecular weight excluding hydrogens is 537 g/mol. The van der Waals surface area contributed by atoms with Crippen molar-refractivity contribution in [1.82, 2.24) is 4.57 Å². The summed E-state index contributed by atoms with van der Waals surface area (Å²) in [4.78, 5) is 33.0. The van der Waals surface area contributed by atoms with Crippen molar-refractivity contribution >= 4 is 56.3 Å². The molecule has 5 nitrogen and oxygen atoms in total. The van der Waals surface area contributed by atoms with Crippen molar-refractivity contribution in [3.63, 3.8) is 0 Å². The molecule has 5 rings (SSSR count). The van der Waals surface area contributed by atoms with Gasteiger partial charge in [0.05, 0.1) is 25.6 Å². The van der Waals surface area contributed by atoms with Gasteiger partial charge in [0.2, 0.25) is 0 Å². The minimum absolute atomic E-state index is 0.250. The van der Waals surface area contributed by atoms with Crippen molar-refractivity contribution in [2.24, 2.45) is 4.99 Å². The lowest BCUT2D eigenvalue weighted by Gasteiger charge is -2.25. The minimum Gasteiger partial charge on any atom is -0.322 e. The van der Waals surface area contributed by atoms with Crippen LogP contribution in [0.15, 0.2) is 91.6 Å². The highest BCUT2D eigenvalue weighted by Gasteiger charge is 2.32. The molecule has 0 saturated heterocycles. The first-order valence-electron chi connectivity index (χ1n) is 10.3. The number of hydrogen-bond donors (Lipinski definition) is 1. The van der Waals surface area contributed by atoms with Gasteiger partial charge in [-0.3, -0.25) is 14.2 Å². The summed E-state index contributed by atoms with van der Waals surface area (Å²) in [6.45, 7) is 1.75. The first-order valence-corrected chi connectivity index (χ1v) is 12.7. The molecule has 1 aliphatic heterocycles. The molecule has 3 heterocycles. The largest absolute Gasteiger partial charge is 0.322 e. The number of benzene rings is 2. The monoisotopic (exact) mass is 553 g/mol. The van der Waals surface area contributed by atoms with Crippen molar-refractivity contribution in [3.05, 3.63) is 118 Å². The highest BCUT2D eigenvalue weighted by Crippen LogP contribution is 2.31. The smallest absolute Gasteiger partial charge is 0.271 e. The van der Waals surface area contributed by atoms with Crippen LogP contribution >= 0.6 is 38.6 Å². The van der Waals surface area contributed by atoms with E-state index in [0.29, 0.717) is 31.9 Å². The molecule has 170 valence electrons. The fourth-order valence-corrected chi connectivity index (χ4v) is 6.31. The Bertz CT molecular complexity index is 1600. The number of allylic oxidation sites excluding steroid dienone is 1. The number of carbonyl (C=O) groups excluding carboxylic acids is 1. The molecule has 1 amide bonds. The zero-order chi connectivity index (χ0) is 23.8. The summed E-state index contributed by atoms with van der Waals surface area (Å²) in [5.41, 5.74) is 1.86. The average Bonchev–Trinajstić information content (AvgIpc) is 3.36. The Morgan fingerprint density at radius 2 is 1.82 bits per heavy atom. The molecule has 0 saturated carbocycles. The van der Waals surface area contributed by atoms with Crippen molar-refractivity contribution < 1.29 is 9.18 Å². The summed E-state index contributed by atoms with van der Waals surface area (Å²) in [5, 5.41) is 2.90. The number of rotatable bonds is 4. The van der Waals surface area contributed by atoms with E-state index in [2.05, 4.69) is 26.2 Å². The van der Waals surface area contributed by atoms with Crippen LogP contribution in [0.2, 0.25) is 0 Å². The van der Waals surface area contributed by atoms with Crippen LogP contribution in [0.4, 0.5) is 10.1 Å². The van der Waals surface area contributed by atoms with E-state index in [1.54, 1.807) is 31.2 Å². The van der Waals surface area contributed by atoms with Gasteiger partial charge in [-0.25, -0.2) is 9.38 Å². The molecule has 0 fully saturated rings. The summed E-state index contributed by atoms with van der Waals surface area (Å²) >= 11 is 6.23. The Labute approximate surface area is 210 Å². The fourth-order valence-electron chi connectivity index (χ4n) is 3.83. The first kappa shape index (κ1) is 22.6. The van der Waals surface area contributed by atoms with Gasteiger partial charge in [0.25, 0.3) is 11.5 Å². The molecular formula is C25H17BrFN3O2S2. The van der Waals surface area contributed by atoms with E-state index in [1.807, 2.05) is 36.4 Å². The zero-order valence-electron chi connectivity index (χ0n) is 17.8. The second kappa shape index (κ2) is 9.25. The van der Waals surface area contributed by atoms with Gasteiger partial charge in [0.15, 0.2) is 4.80 Å². The standard InChI is InChI=1S/C25H17BrFN3O2S2/c1-14-21(23(31)29-17-5-3-2-4-6-17)22(15-7-9-16(27)10-8-15)30-24(32)19(34-25(30)28-14)13-18-11-12-20(26)33-18/h2-13,22H,1H3,(H,29,31)/b19-13+/t22-/m0/s1. The molecule has 0 unspecified atom stereocenters. The van der Waals surface area contributed by atoms with Crippen LogP contribution in [0.3, 0.4) is 0 Å². The molecule has 1 N–H and O–H groups in total. The predicted molar refractivity (Wildman–Crippen MR) is 137 cm³/mol. The number of nitrogens with one attached hydrogen (secondary N) is 1. The third-order valence-corrected chi connectivity index (χ3v) is 7.90. The van der Waals surface area contributed by atoms with Crippen LogP contribution in [-0.2, 0) is 4.79 Å². The van der Waals surface area contributed by atoms with Crippen molar-refractivity contribution in [3.8, 4) is 0 Å². The quantitative estimate of drug-likeness (QED) is 0.393. The maximum Gasteiger partial charge on any atom is 0.271 e. The number of halogens is 2. The fraction of sp³-hybridized carbons (Fsp3) is 0.0800. The topological polar surface area (TPSA) is 63.5 Å². The normalized spacial score (nSPS) is 15.7. The van der Waals surface area contributed by atoms with Gasteiger partial charge in [-0.1, -0.05) is 41.7 Å². The second-order valence-electron chi connectivity index (χ2n) is 7.60. The maximum absolute atomic E-state index is 13.7. The van der Waals surface area contributed by atoms with Gasteiger partial charge in [0.1, 0.15) is 5.82 Å². The highest BCUT2D eigenvalue weighted by molar-refractivity contribution is 9.11. The zero-order valence-corrected chi connectivity index (χ0v) is 21.0. The molecule has 1 aliphatic rings. The van der Waals surface area contributed by atoms with Gasteiger partial charge >= 0.3 is 0 Å². The molecule has 4 aromatic rings. The number of nitrogens with zero attached hydrogens (tertiary/aromatic N) is 2. The van der Waals surface area contributed by atoms with Gasteiger partial charge in [0, 0.05) is 10.6 Å². The number of amides is 1. The Hall–Kier alpha value is -3.14. The Morgan fingerprint density at radius 1 is 1.09 bits per heavy atom. The van der Waals surface area contributed by atoms with Crippen molar-refractivity contribution in [2.75, 3.05) is 5.32 Å². The highest BCUT2D eigenvalue weighted by atomic mass is 79.9. The van der Waals surface area contributed by atoms with Crippen LogP contribution in [-0.4, -0.2) is 10.5 Å². The number of para-hydroxylation sites is 1. The van der Waals surface area contributed by atoms with E-state index in [0.717, 1.165) is 8.66 Å². The van der Waals surface area contributed by atoms with Gasteiger partial charge in [-0.05, 0) is 70.9 Å². The average molecular weight is 554 g/mol. The lowest BCUT2D eigenvalue weighted by atomic mass is 9.95. The molecule has 9 heteroatoms. The number of thiophene rings is 1. The summed E-state index contributed by atoms with van der Waals surface area (Å²) in [6, 6.07) is 18.1. The molecule has 0 spiro atoms. The van der Waals surface area contributed by atoms with Crippen LogP contribution in [0.5, 0.6) is 0 Å². The van der Waals surface area contributed by atoms with Crippen LogP contribution in [0, 0.1) is 5.82 Å². The third-order valence-electron chi connectivity index (χ3n) is 5.35. The summed E-state index contributed by atoms with van der Waals surface area (Å²) in [7, 11) is 0. The number of anilines is 1. The number of thiazole rings is 1.